The number of benzene rings is 2. The van der Waals surface area contributed by atoms with E-state index in [4.69, 9.17) is 11.6 Å². The van der Waals surface area contributed by atoms with E-state index in [-0.39, 0.29) is 22.9 Å². The zero-order chi connectivity index (χ0) is 15.4. The van der Waals surface area contributed by atoms with Crippen molar-refractivity contribution in [1.82, 2.24) is 0 Å². The molecular formula is C14H10ClF4NO. The monoisotopic (exact) mass is 319 g/mol. The minimum atomic E-state index is -2.98. The summed E-state index contributed by atoms with van der Waals surface area (Å²) < 4.78 is 55.2. The van der Waals surface area contributed by atoms with Gasteiger partial charge in [-0.05, 0) is 30.3 Å². The van der Waals surface area contributed by atoms with E-state index in [2.05, 4.69) is 10.1 Å². The van der Waals surface area contributed by atoms with Crippen LogP contribution in [0.3, 0.4) is 0 Å². The highest BCUT2D eigenvalue weighted by Crippen LogP contribution is 2.29. The smallest absolute Gasteiger partial charge is 0.387 e. The Bertz CT molecular complexity index is 616. The molecule has 0 unspecified atom stereocenters. The van der Waals surface area contributed by atoms with Gasteiger partial charge in [0.1, 0.15) is 17.4 Å². The van der Waals surface area contributed by atoms with Gasteiger partial charge in [0.05, 0.1) is 5.02 Å². The van der Waals surface area contributed by atoms with E-state index in [0.717, 1.165) is 12.1 Å². The standard InChI is InChI=1S/C14H10ClF4NO/c15-10-6-8(4-5-13(10)21-14(18)19)20-7-9-11(16)2-1-3-12(9)17/h1-6,14,20H,7H2. The fourth-order valence-corrected chi connectivity index (χ4v) is 1.92. The molecule has 0 atom stereocenters. The third-order valence-electron chi connectivity index (χ3n) is 2.68. The molecule has 1 N–H and O–H groups in total. The molecule has 2 aromatic rings. The van der Waals surface area contributed by atoms with Gasteiger partial charge in [0.15, 0.2) is 0 Å². The minimum absolute atomic E-state index is 0.0331. The van der Waals surface area contributed by atoms with E-state index < -0.39 is 18.2 Å². The predicted molar refractivity (Wildman–Crippen MR) is 71.8 cm³/mol. The summed E-state index contributed by atoms with van der Waals surface area (Å²) in [4.78, 5) is 0. The van der Waals surface area contributed by atoms with Gasteiger partial charge in [0.2, 0.25) is 0 Å². The van der Waals surface area contributed by atoms with Gasteiger partial charge < -0.3 is 10.1 Å². The summed E-state index contributed by atoms with van der Waals surface area (Å²) in [5.41, 5.74) is 0.297. The fourth-order valence-electron chi connectivity index (χ4n) is 1.69. The Kier molecular flexibility index (Phi) is 4.90. The van der Waals surface area contributed by atoms with Crippen LogP contribution in [-0.2, 0) is 6.54 Å². The summed E-state index contributed by atoms with van der Waals surface area (Å²) in [6, 6.07) is 7.55. The Balaban J connectivity index is 2.09. The van der Waals surface area contributed by atoms with E-state index in [1.807, 2.05) is 0 Å². The van der Waals surface area contributed by atoms with E-state index in [9.17, 15) is 17.6 Å². The van der Waals surface area contributed by atoms with Gasteiger partial charge in [-0.3, -0.25) is 0 Å². The second kappa shape index (κ2) is 6.67. The van der Waals surface area contributed by atoms with E-state index in [0.29, 0.717) is 5.69 Å². The highest BCUT2D eigenvalue weighted by atomic mass is 35.5. The molecule has 21 heavy (non-hydrogen) atoms. The van der Waals surface area contributed by atoms with Crippen molar-refractivity contribution in [3.63, 3.8) is 0 Å². The maximum Gasteiger partial charge on any atom is 0.387 e. The lowest BCUT2D eigenvalue weighted by Crippen LogP contribution is -2.05. The Morgan fingerprint density at radius 1 is 1.10 bits per heavy atom. The molecule has 0 aromatic heterocycles. The van der Waals surface area contributed by atoms with Gasteiger partial charge in [-0.1, -0.05) is 17.7 Å². The lowest BCUT2D eigenvalue weighted by atomic mass is 10.2. The van der Waals surface area contributed by atoms with Crippen LogP contribution in [0.4, 0.5) is 23.2 Å². The summed E-state index contributed by atoms with van der Waals surface area (Å²) in [5, 5.41) is 2.72. The first kappa shape index (κ1) is 15.4. The van der Waals surface area contributed by atoms with Crippen molar-refractivity contribution in [1.29, 1.82) is 0 Å². The zero-order valence-corrected chi connectivity index (χ0v) is 11.3. The summed E-state index contributed by atoms with van der Waals surface area (Å²) in [7, 11) is 0. The Labute approximate surface area is 123 Å². The third kappa shape index (κ3) is 4.01. The van der Waals surface area contributed by atoms with Gasteiger partial charge in [-0.2, -0.15) is 8.78 Å². The molecule has 2 aromatic carbocycles. The predicted octanol–water partition coefficient (Wildman–Crippen LogP) is 4.83. The summed E-state index contributed by atoms with van der Waals surface area (Å²) >= 11 is 5.77. The maximum atomic E-state index is 13.4. The third-order valence-corrected chi connectivity index (χ3v) is 2.97. The van der Waals surface area contributed by atoms with Gasteiger partial charge in [0.25, 0.3) is 0 Å². The molecule has 0 aliphatic heterocycles. The van der Waals surface area contributed by atoms with Crippen molar-refractivity contribution in [3.8, 4) is 5.75 Å². The van der Waals surface area contributed by atoms with Crippen LogP contribution < -0.4 is 10.1 Å². The lowest BCUT2D eigenvalue weighted by Gasteiger charge is -2.11. The van der Waals surface area contributed by atoms with Crippen molar-refractivity contribution < 1.29 is 22.3 Å². The number of nitrogens with one attached hydrogen (secondary N) is 1. The molecule has 2 nitrogen and oxygen atoms in total. The van der Waals surface area contributed by atoms with Crippen molar-refractivity contribution in [2.45, 2.75) is 13.2 Å². The number of ether oxygens (including phenoxy) is 1. The summed E-state index contributed by atoms with van der Waals surface area (Å²) in [6.45, 7) is -3.09. The molecule has 0 heterocycles. The van der Waals surface area contributed by atoms with Crippen molar-refractivity contribution >= 4 is 17.3 Å². The molecule has 0 saturated carbocycles. The van der Waals surface area contributed by atoms with Crippen molar-refractivity contribution in [3.05, 3.63) is 58.6 Å². The van der Waals surface area contributed by atoms with E-state index in [1.54, 1.807) is 0 Å². The first-order chi connectivity index (χ1) is 9.97. The highest BCUT2D eigenvalue weighted by Gasteiger charge is 2.11. The van der Waals surface area contributed by atoms with E-state index in [1.165, 1.54) is 24.3 Å². The second-order valence-electron chi connectivity index (χ2n) is 4.08. The molecule has 7 heteroatoms. The van der Waals surface area contributed by atoms with E-state index >= 15 is 0 Å². The number of alkyl halides is 2. The number of hydrogen-bond acceptors (Lipinski definition) is 2. The van der Waals surface area contributed by atoms with Crippen molar-refractivity contribution in [2.75, 3.05) is 5.32 Å². The van der Waals surface area contributed by atoms with Crippen LogP contribution >= 0.6 is 11.6 Å². The number of halogens is 5. The number of anilines is 1. The Hall–Kier alpha value is -1.95. The first-order valence-electron chi connectivity index (χ1n) is 5.88. The van der Waals surface area contributed by atoms with Crippen LogP contribution in [0.15, 0.2) is 36.4 Å². The van der Waals surface area contributed by atoms with Gasteiger partial charge in [-0.15, -0.1) is 0 Å². The Morgan fingerprint density at radius 3 is 2.33 bits per heavy atom. The number of hydrogen-bond donors (Lipinski definition) is 1. The SMILES string of the molecule is Fc1cccc(F)c1CNc1ccc(OC(F)F)c(Cl)c1. The minimum Gasteiger partial charge on any atom is -0.433 e. The van der Waals surface area contributed by atoms with Crippen molar-refractivity contribution in [2.24, 2.45) is 0 Å². The molecule has 0 radical (unpaired) electrons. The first-order valence-corrected chi connectivity index (χ1v) is 6.26. The largest absolute Gasteiger partial charge is 0.433 e. The lowest BCUT2D eigenvalue weighted by molar-refractivity contribution is -0.0497. The summed E-state index contributed by atoms with van der Waals surface area (Å²) in [5.74, 6) is -1.52. The van der Waals surface area contributed by atoms with Crippen LogP contribution in [0.25, 0.3) is 0 Å². The normalized spacial score (nSPS) is 10.8. The van der Waals surface area contributed by atoms with Crippen LogP contribution in [0.2, 0.25) is 5.02 Å². The zero-order valence-electron chi connectivity index (χ0n) is 10.5. The molecule has 0 bridgehead atoms. The van der Waals surface area contributed by atoms with Gasteiger partial charge in [0, 0.05) is 17.8 Å². The molecule has 0 amide bonds. The van der Waals surface area contributed by atoms with Gasteiger partial charge >= 0.3 is 6.61 Å². The molecular weight excluding hydrogens is 310 g/mol. The molecule has 0 saturated heterocycles. The highest BCUT2D eigenvalue weighted by molar-refractivity contribution is 6.32. The average molecular weight is 320 g/mol. The summed E-state index contributed by atoms with van der Waals surface area (Å²) in [6.07, 6.45) is 0. The maximum absolute atomic E-state index is 13.4. The van der Waals surface area contributed by atoms with Crippen LogP contribution in [0, 0.1) is 11.6 Å². The van der Waals surface area contributed by atoms with Crippen LogP contribution in [0.5, 0.6) is 5.75 Å². The quantitative estimate of drug-likeness (QED) is 0.797. The molecule has 0 aliphatic carbocycles. The topological polar surface area (TPSA) is 21.3 Å². The second-order valence-corrected chi connectivity index (χ2v) is 4.48. The molecule has 0 fully saturated rings. The Morgan fingerprint density at radius 2 is 1.76 bits per heavy atom. The van der Waals surface area contributed by atoms with Crippen LogP contribution in [0.1, 0.15) is 5.56 Å². The molecule has 0 aliphatic rings. The van der Waals surface area contributed by atoms with Crippen LogP contribution in [-0.4, -0.2) is 6.61 Å². The molecule has 2 rings (SSSR count). The molecule has 112 valence electrons. The number of rotatable bonds is 5. The molecule has 0 spiro atoms. The average Bonchev–Trinajstić information content (AvgIpc) is 2.41. The van der Waals surface area contributed by atoms with Gasteiger partial charge in [-0.25, -0.2) is 8.78 Å². The fraction of sp³-hybridized carbons (Fsp3) is 0.143.